The fourth-order valence-electron chi connectivity index (χ4n) is 0.722. The summed E-state index contributed by atoms with van der Waals surface area (Å²) in [5.41, 5.74) is 1.75. The summed E-state index contributed by atoms with van der Waals surface area (Å²) in [5.74, 6) is 0. The summed E-state index contributed by atoms with van der Waals surface area (Å²) < 4.78 is 0. The predicted octanol–water partition coefficient (Wildman–Crippen LogP) is 3.38. The molecule has 0 spiro atoms. The van der Waals surface area contributed by atoms with Gasteiger partial charge in [0.15, 0.2) is 0 Å². The summed E-state index contributed by atoms with van der Waals surface area (Å²) >= 11 is 0. The third-order valence-corrected chi connectivity index (χ3v) is 1.30. The molecule has 1 rings (SSSR count). The van der Waals surface area contributed by atoms with E-state index in [2.05, 4.69) is 18.3 Å². The third kappa shape index (κ3) is 3.15. The largest absolute Gasteiger partial charge is 0.265 e. The van der Waals surface area contributed by atoms with Crippen molar-refractivity contribution in [1.29, 1.82) is 0 Å². The van der Waals surface area contributed by atoms with E-state index in [9.17, 15) is 0 Å². The zero-order valence-electron chi connectivity index (χ0n) is 7.75. The molecule has 0 saturated heterocycles. The molecule has 64 valence electrons. The number of hydrogen-bond acceptors (Lipinski definition) is 1. The second-order valence-electron chi connectivity index (χ2n) is 1.97. The highest BCUT2D eigenvalue weighted by molar-refractivity contribution is 5.65. The first-order valence-corrected chi connectivity index (χ1v) is 4.05. The quantitative estimate of drug-likeness (QED) is 0.589. The van der Waals surface area contributed by atoms with Gasteiger partial charge in [-0.25, -0.2) is 0 Å². The number of hydrogen-bond donors (Lipinski definition) is 0. The van der Waals surface area contributed by atoms with Gasteiger partial charge in [-0.15, -0.1) is 0 Å². The molecule has 0 aliphatic rings. The van der Waals surface area contributed by atoms with E-state index in [1.807, 2.05) is 44.2 Å². The molecule has 1 aromatic rings. The molecule has 12 heavy (non-hydrogen) atoms. The molecule has 1 aromatic carbocycles. The van der Waals surface area contributed by atoms with Crippen LogP contribution in [-0.2, 0) is 0 Å². The molecule has 1 nitrogen and oxygen atoms in total. The van der Waals surface area contributed by atoms with Gasteiger partial charge in [-0.3, -0.25) is 4.99 Å². The maximum absolute atomic E-state index is 3.71. The molecular formula is C11H15N. The molecule has 0 heterocycles. The molecule has 0 N–H and O–H groups in total. The van der Waals surface area contributed by atoms with Crippen molar-refractivity contribution < 1.29 is 0 Å². The lowest BCUT2D eigenvalue weighted by molar-refractivity contribution is 1.50. The average Bonchev–Trinajstić information content (AvgIpc) is 2.21. The number of nitrogens with zero attached hydrogens (tertiary/aromatic N) is 1. The van der Waals surface area contributed by atoms with Crippen LogP contribution in [-0.4, -0.2) is 6.72 Å². The van der Waals surface area contributed by atoms with Crippen molar-refractivity contribution in [2.24, 2.45) is 4.99 Å². The summed E-state index contributed by atoms with van der Waals surface area (Å²) in [5, 5.41) is 0. The first-order valence-electron chi connectivity index (χ1n) is 4.05. The zero-order valence-corrected chi connectivity index (χ0v) is 7.75. The van der Waals surface area contributed by atoms with Crippen molar-refractivity contribution in [2.45, 2.75) is 13.8 Å². The Balaban J connectivity index is 0.000000561. The van der Waals surface area contributed by atoms with Crippen LogP contribution in [0.15, 0.2) is 41.9 Å². The SMILES string of the molecule is C=NC(=C)c1ccccc1.CC. The van der Waals surface area contributed by atoms with Crippen LogP contribution in [0.2, 0.25) is 0 Å². The van der Waals surface area contributed by atoms with Crippen LogP contribution < -0.4 is 0 Å². The molecule has 0 radical (unpaired) electrons. The van der Waals surface area contributed by atoms with Crippen LogP contribution in [0, 0.1) is 0 Å². The Bertz CT molecular complexity index is 236. The van der Waals surface area contributed by atoms with Crippen LogP contribution in [0.1, 0.15) is 19.4 Å². The molecule has 0 aliphatic carbocycles. The van der Waals surface area contributed by atoms with Gasteiger partial charge >= 0.3 is 0 Å². The maximum Gasteiger partial charge on any atom is 0.0622 e. The minimum atomic E-state index is 0.723. The number of benzene rings is 1. The Morgan fingerprint density at radius 2 is 1.67 bits per heavy atom. The normalized spacial score (nSPS) is 7.83. The van der Waals surface area contributed by atoms with Crippen LogP contribution in [0.3, 0.4) is 0 Å². The highest BCUT2D eigenvalue weighted by Crippen LogP contribution is 2.10. The topological polar surface area (TPSA) is 12.4 Å². The van der Waals surface area contributed by atoms with E-state index in [0.717, 1.165) is 11.3 Å². The highest BCUT2D eigenvalue weighted by atomic mass is 14.7. The summed E-state index contributed by atoms with van der Waals surface area (Å²) in [7, 11) is 0. The molecule has 0 aromatic heterocycles. The van der Waals surface area contributed by atoms with Gasteiger partial charge in [-0.1, -0.05) is 50.8 Å². The van der Waals surface area contributed by atoms with E-state index < -0.39 is 0 Å². The maximum atomic E-state index is 3.71. The minimum absolute atomic E-state index is 0.723. The summed E-state index contributed by atoms with van der Waals surface area (Å²) in [6, 6.07) is 9.77. The van der Waals surface area contributed by atoms with Crippen LogP contribution in [0.5, 0.6) is 0 Å². The van der Waals surface area contributed by atoms with Gasteiger partial charge in [0.25, 0.3) is 0 Å². The Hall–Kier alpha value is -1.37. The molecule has 0 atom stereocenters. The van der Waals surface area contributed by atoms with Gasteiger partial charge in [0.05, 0.1) is 5.70 Å². The fraction of sp³-hybridized carbons (Fsp3) is 0.182. The monoisotopic (exact) mass is 161 g/mol. The summed E-state index contributed by atoms with van der Waals surface area (Å²) in [4.78, 5) is 3.71. The average molecular weight is 161 g/mol. The van der Waals surface area contributed by atoms with Gasteiger partial charge in [0, 0.05) is 0 Å². The first-order chi connectivity index (χ1) is 5.84. The van der Waals surface area contributed by atoms with E-state index in [1.165, 1.54) is 0 Å². The van der Waals surface area contributed by atoms with Gasteiger partial charge in [0.1, 0.15) is 0 Å². The minimum Gasteiger partial charge on any atom is -0.265 e. The lowest BCUT2D eigenvalue weighted by Gasteiger charge is -1.95. The second-order valence-corrected chi connectivity index (χ2v) is 1.97. The Morgan fingerprint density at radius 1 is 1.17 bits per heavy atom. The first kappa shape index (κ1) is 10.6. The zero-order chi connectivity index (χ0) is 9.40. The third-order valence-electron chi connectivity index (χ3n) is 1.30. The predicted molar refractivity (Wildman–Crippen MR) is 56.4 cm³/mol. The van der Waals surface area contributed by atoms with Crippen molar-refractivity contribution >= 4 is 12.4 Å². The fourth-order valence-corrected chi connectivity index (χ4v) is 0.722. The number of rotatable bonds is 2. The van der Waals surface area contributed by atoms with Crippen molar-refractivity contribution in [3.05, 3.63) is 42.5 Å². The van der Waals surface area contributed by atoms with Gasteiger partial charge in [-0.05, 0) is 12.3 Å². The van der Waals surface area contributed by atoms with Crippen molar-refractivity contribution in [2.75, 3.05) is 0 Å². The van der Waals surface area contributed by atoms with Crippen molar-refractivity contribution in [3.8, 4) is 0 Å². The summed E-state index contributed by atoms with van der Waals surface area (Å²) in [6.45, 7) is 11.1. The molecular weight excluding hydrogens is 146 g/mol. The Kier molecular flexibility index (Phi) is 5.62. The molecule has 0 bridgehead atoms. The molecule has 0 fully saturated rings. The Labute approximate surface area is 74.5 Å². The van der Waals surface area contributed by atoms with E-state index >= 15 is 0 Å². The van der Waals surface area contributed by atoms with Gasteiger partial charge in [0.2, 0.25) is 0 Å². The number of aliphatic imine (C=N–C) groups is 1. The smallest absolute Gasteiger partial charge is 0.0622 e. The van der Waals surface area contributed by atoms with E-state index in [0.29, 0.717) is 0 Å². The van der Waals surface area contributed by atoms with Crippen LogP contribution in [0.4, 0.5) is 0 Å². The van der Waals surface area contributed by atoms with Crippen LogP contribution in [0.25, 0.3) is 5.70 Å². The van der Waals surface area contributed by atoms with E-state index in [-0.39, 0.29) is 0 Å². The molecule has 0 aliphatic heterocycles. The standard InChI is InChI=1S/C9H9N.C2H6/c1-8(10-2)9-6-4-3-5-7-9;1-2/h3-7H,1-2H2;1-2H3. The lowest BCUT2D eigenvalue weighted by Crippen LogP contribution is -1.74. The highest BCUT2D eigenvalue weighted by Gasteiger charge is 1.90. The molecule has 0 unspecified atom stereocenters. The van der Waals surface area contributed by atoms with E-state index in [4.69, 9.17) is 0 Å². The van der Waals surface area contributed by atoms with Gasteiger partial charge < -0.3 is 0 Å². The molecule has 0 amide bonds. The van der Waals surface area contributed by atoms with Crippen molar-refractivity contribution in [1.82, 2.24) is 0 Å². The van der Waals surface area contributed by atoms with E-state index in [1.54, 1.807) is 0 Å². The van der Waals surface area contributed by atoms with Crippen LogP contribution >= 0.6 is 0 Å². The molecule has 0 saturated carbocycles. The Morgan fingerprint density at radius 3 is 2.08 bits per heavy atom. The van der Waals surface area contributed by atoms with Gasteiger partial charge in [-0.2, -0.15) is 0 Å². The molecule has 1 heteroatoms. The lowest BCUT2D eigenvalue weighted by atomic mass is 10.2. The summed E-state index contributed by atoms with van der Waals surface area (Å²) in [6.07, 6.45) is 0. The van der Waals surface area contributed by atoms with Crippen molar-refractivity contribution in [3.63, 3.8) is 0 Å². The second kappa shape index (κ2) is 6.35.